The van der Waals surface area contributed by atoms with E-state index in [4.69, 9.17) is 4.52 Å². The van der Waals surface area contributed by atoms with Crippen LogP contribution in [0.4, 0.5) is 0 Å². The van der Waals surface area contributed by atoms with Crippen LogP contribution in [0.25, 0.3) is 0 Å². The Morgan fingerprint density at radius 3 is 2.79 bits per heavy atom. The Morgan fingerprint density at radius 1 is 1.50 bits per heavy atom. The summed E-state index contributed by atoms with van der Waals surface area (Å²) in [6, 6.07) is 0.292. The maximum absolute atomic E-state index is 5.19. The second-order valence-corrected chi connectivity index (χ2v) is 3.79. The van der Waals surface area contributed by atoms with E-state index in [1.54, 1.807) is 0 Å². The monoisotopic (exact) mass is 217 g/mol. The topological polar surface area (TPSA) is 51.0 Å². The van der Waals surface area contributed by atoms with Crippen LogP contribution in [0, 0.1) is 0 Å². The molecule has 2 heterocycles. The lowest BCUT2D eigenvalue weighted by Gasteiger charge is -2.01. The van der Waals surface area contributed by atoms with E-state index in [0.717, 1.165) is 24.7 Å². The summed E-state index contributed by atoms with van der Waals surface area (Å²) in [6.07, 6.45) is 2.31. The molecule has 0 saturated carbocycles. The lowest BCUT2D eigenvalue weighted by Crippen LogP contribution is -2.13. The summed E-state index contributed by atoms with van der Waals surface area (Å²) in [5.74, 6) is 1.91. The number of hydrogen-bond acceptors (Lipinski definition) is 4. The highest BCUT2D eigenvalue weighted by Gasteiger charge is 2.22. The van der Waals surface area contributed by atoms with Crippen molar-refractivity contribution < 1.29 is 4.52 Å². The third kappa shape index (κ3) is 2.25. The Hall–Kier alpha value is -0.610. The van der Waals surface area contributed by atoms with Crippen LogP contribution in [0.2, 0.25) is 0 Å². The average molecular weight is 218 g/mol. The first-order valence-electron chi connectivity index (χ1n) is 4.84. The van der Waals surface area contributed by atoms with Crippen molar-refractivity contribution in [3.8, 4) is 0 Å². The minimum Gasteiger partial charge on any atom is -0.338 e. The van der Waals surface area contributed by atoms with E-state index in [1.165, 1.54) is 6.42 Å². The van der Waals surface area contributed by atoms with Crippen LogP contribution < -0.4 is 5.32 Å². The van der Waals surface area contributed by atoms with E-state index in [9.17, 15) is 0 Å². The first kappa shape index (κ1) is 11.5. The van der Waals surface area contributed by atoms with Gasteiger partial charge in [-0.15, -0.1) is 12.4 Å². The normalized spacial score (nSPS) is 21.2. The molecule has 0 unspecified atom stereocenters. The molecule has 4 nitrogen and oxygen atoms in total. The highest BCUT2D eigenvalue weighted by Crippen LogP contribution is 2.22. The van der Waals surface area contributed by atoms with Crippen molar-refractivity contribution in [3.05, 3.63) is 11.7 Å². The van der Waals surface area contributed by atoms with Gasteiger partial charge in [-0.25, -0.2) is 0 Å². The summed E-state index contributed by atoms with van der Waals surface area (Å²) in [5.41, 5.74) is 0. The first-order valence-corrected chi connectivity index (χ1v) is 4.84. The summed E-state index contributed by atoms with van der Waals surface area (Å²) in [7, 11) is 0. The molecule has 1 aromatic heterocycles. The first-order chi connectivity index (χ1) is 6.27. The zero-order chi connectivity index (χ0) is 9.26. The molecule has 1 atom stereocenters. The van der Waals surface area contributed by atoms with Gasteiger partial charge >= 0.3 is 0 Å². The number of rotatable bonds is 2. The van der Waals surface area contributed by atoms with Crippen molar-refractivity contribution in [2.45, 2.75) is 38.6 Å². The molecule has 1 fully saturated rings. The van der Waals surface area contributed by atoms with Gasteiger partial charge in [-0.3, -0.25) is 0 Å². The Kier molecular flexibility index (Phi) is 3.89. The van der Waals surface area contributed by atoms with Crippen LogP contribution in [-0.4, -0.2) is 16.7 Å². The van der Waals surface area contributed by atoms with Crippen LogP contribution in [0.1, 0.15) is 50.4 Å². The number of hydrogen-bond donors (Lipinski definition) is 1. The Bertz CT molecular complexity index is 281. The van der Waals surface area contributed by atoms with E-state index < -0.39 is 0 Å². The molecule has 5 heteroatoms. The van der Waals surface area contributed by atoms with Crippen molar-refractivity contribution in [3.63, 3.8) is 0 Å². The van der Waals surface area contributed by atoms with Crippen LogP contribution in [0.3, 0.4) is 0 Å². The van der Waals surface area contributed by atoms with Crippen LogP contribution in [0.15, 0.2) is 4.52 Å². The Labute approximate surface area is 89.9 Å². The summed E-state index contributed by atoms with van der Waals surface area (Å²) in [6.45, 7) is 5.19. The van der Waals surface area contributed by atoms with Gasteiger partial charge < -0.3 is 9.84 Å². The fourth-order valence-electron chi connectivity index (χ4n) is 1.52. The number of nitrogens with zero attached hydrogens (tertiary/aromatic N) is 2. The maximum atomic E-state index is 5.19. The number of aromatic nitrogens is 2. The number of halogens is 1. The quantitative estimate of drug-likeness (QED) is 0.824. The minimum atomic E-state index is 0. The second kappa shape index (κ2) is 4.75. The summed E-state index contributed by atoms with van der Waals surface area (Å²) >= 11 is 0. The standard InChI is InChI=1S/C9H15N3O.ClH/c1-6(2)8-11-9(13-12-8)7-4-3-5-10-7;/h6-7,10H,3-5H2,1-2H3;1H/t7-;/m0./s1. The number of nitrogens with one attached hydrogen (secondary N) is 1. The maximum Gasteiger partial charge on any atom is 0.243 e. The van der Waals surface area contributed by atoms with Crippen molar-refractivity contribution in [1.82, 2.24) is 15.5 Å². The van der Waals surface area contributed by atoms with E-state index >= 15 is 0 Å². The molecule has 0 bridgehead atoms. The van der Waals surface area contributed by atoms with Gasteiger partial charge in [0.05, 0.1) is 6.04 Å². The third-order valence-electron chi connectivity index (χ3n) is 2.33. The van der Waals surface area contributed by atoms with Gasteiger partial charge in [0.15, 0.2) is 5.82 Å². The molecule has 1 saturated heterocycles. The van der Waals surface area contributed by atoms with Crippen LogP contribution in [-0.2, 0) is 0 Å². The molecule has 1 aliphatic rings. The molecule has 0 aromatic carbocycles. The SMILES string of the molecule is CC(C)c1noc([C@@H]2CCCN2)n1.Cl. The fourth-order valence-corrected chi connectivity index (χ4v) is 1.52. The molecule has 2 rings (SSSR count). The Morgan fingerprint density at radius 2 is 2.29 bits per heavy atom. The van der Waals surface area contributed by atoms with E-state index in [-0.39, 0.29) is 12.4 Å². The molecule has 0 spiro atoms. The van der Waals surface area contributed by atoms with Gasteiger partial charge in [-0.1, -0.05) is 19.0 Å². The molecular formula is C9H16ClN3O. The van der Waals surface area contributed by atoms with Gasteiger partial charge in [0.2, 0.25) is 5.89 Å². The largest absolute Gasteiger partial charge is 0.338 e. The van der Waals surface area contributed by atoms with Gasteiger partial charge in [0.25, 0.3) is 0 Å². The van der Waals surface area contributed by atoms with Crippen molar-refractivity contribution in [2.75, 3.05) is 6.54 Å². The summed E-state index contributed by atoms with van der Waals surface area (Å²) in [5, 5.41) is 7.26. The van der Waals surface area contributed by atoms with Crippen molar-refractivity contribution >= 4 is 12.4 Å². The van der Waals surface area contributed by atoms with E-state index in [1.807, 2.05) is 0 Å². The lowest BCUT2D eigenvalue weighted by atomic mass is 10.2. The molecular weight excluding hydrogens is 202 g/mol. The van der Waals surface area contributed by atoms with Gasteiger partial charge in [0.1, 0.15) is 0 Å². The van der Waals surface area contributed by atoms with Gasteiger partial charge in [-0.05, 0) is 19.4 Å². The summed E-state index contributed by atoms with van der Waals surface area (Å²) < 4.78 is 5.19. The van der Waals surface area contributed by atoms with Crippen LogP contribution >= 0.6 is 12.4 Å². The highest BCUT2D eigenvalue weighted by atomic mass is 35.5. The van der Waals surface area contributed by atoms with Crippen molar-refractivity contribution in [1.29, 1.82) is 0 Å². The summed E-state index contributed by atoms with van der Waals surface area (Å²) in [4.78, 5) is 4.35. The predicted octanol–water partition coefficient (Wildman–Crippen LogP) is 2.04. The zero-order valence-corrected chi connectivity index (χ0v) is 9.30. The predicted molar refractivity (Wildman–Crippen MR) is 55.6 cm³/mol. The zero-order valence-electron chi connectivity index (χ0n) is 8.49. The fraction of sp³-hybridized carbons (Fsp3) is 0.778. The minimum absolute atomic E-state index is 0. The lowest BCUT2D eigenvalue weighted by molar-refractivity contribution is 0.340. The second-order valence-electron chi connectivity index (χ2n) is 3.79. The average Bonchev–Trinajstić information content (AvgIpc) is 2.75. The third-order valence-corrected chi connectivity index (χ3v) is 2.33. The molecule has 0 radical (unpaired) electrons. The van der Waals surface area contributed by atoms with Crippen molar-refractivity contribution in [2.24, 2.45) is 0 Å². The molecule has 1 aliphatic heterocycles. The van der Waals surface area contributed by atoms with E-state index in [2.05, 4.69) is 29.3 Å². The molecule has 14 heavy (non-hydrogen) atoms. The highest BCUT2D eigenvalue weighted by molar-refractivity contribution is 5.85. The molecule has 1 aromatic rings. The smallest absolute Gasteiger partial charge is 0.243 e. The molecule has 1 N–H and O–H groups in total. The van der Waals surface area contributed by atoms with Crippen LogP contribution in [0.5, 0.6) is 0 Å². The molecule has 80 valence electrons. The molecule has 0 amide bonds. The van der Waals surface area contributed by atoms with Gasteiger partial charge in [-0.2, -0.15) is 4.98 Å². The van der Waals surface area contributed by atoms with Gasteiger partial charge in [0, 0.05) is 5.92 Å². The van der Waals surface area contributed by atoms with E-state index in [0.29, 0.717) is 12.0 Å². The molecule has 0 aliphatic carbocycles. The Balaban J connectivity index is 0.000000980.